The zero-order valence-electron chi connectivity index (χ0n) is 12.1. The van der Waals surface area contributed by atoms with E-state index in [2.05, 4.69) is 0 Å². The molecule has 0 fully saturated rings. The second-order valence-electron chi connectivity index (χ2n) is 4.69. The second-order valence-corrected chi connectivity index (χ2v) is 4.69. The number of carboxylic acid groups (broad SMARTS) is 1. The summed E-state index contributed by atoms with van der Waals surface area (Å²) in [5, 5.41) is 9.04. The summed E-state index contributed by atoms with van der Waals surface area (Å²) in [4.78, 5) is 22.3. The lowest BCUT2D eigenvalue weighted by molar-refractivity contribution is -0.152. The van der Waals surface area contributed by atoms with Crippen LogP contribution in [0.15, 0.2) is 24.3 Å². The van der Waals surface area contributed by atoms with E-state index in [1.807, 2.05) is 0 Å². The van der Waals surface area contributed by atoms with Crippen molar-refractivity contribution >= 4 is 18.0 Å². The third-order valence-corrected chi connectivity index (χ3v) is 2.54. The molecule has 0 aromatic heterocycles. The third-order valence-electron chi connectivity index (χ3n) is 2.54. The Labute approximate surface area is 122 Å². The van der Waals surface area contributed by atoms with Crippen molar-refractivity contribution in [2.45, 2.75) is 26.4 Å². The molecule has 0 saturated carbocycles. The van der Waals surface area contributed by atoms with E-state index in [-0.39, 0.29) is 17.9 Å². The third kappa shape index (κ3) is 4.91. The Morgan fingerprint density at radius 2 is 2.05 bits per heavy atom. The number of carbonyl (C=O) groups is 2. The van der Waals surface area contributed by atoms with Crippen LogP contribution in [0.25, 0.3) is 6.08 Å². The molecule has 114 valence electrons. The van der Waals surface area contributed by atoms with Gasteiger partial charge in [-0.15, -0.1) is 0 Å². The number of aliphatic carboxylic acids is 1. The molecule has 0 heterocycles. The second kappa shape index (κ2) is 6.88. The van der Waals surface area contributed by atoms with Gasteiger partial charge in [-0.05, 0) is 45.0 Å². The molecule has 0 spiro atoms. The Hall–Kier alpha value is -2.37. The van der Waals surface area contributed by atoms with Gasteiger partial charge in [-0.1, -0.05) is 0 Å². The van der Waals surface area contributed by atoms with E-state index in [4.69, 9.17) is 14.6 Å². The van der Waals surface area contributed by atoms with Gasteiger partial charge in [0, 0.05) is 11.6 Å². The lowest BCUT2D eigenvalue weighted by Gasteiger charge is -2.22. The minimum Gasteiger partial charge on any atom is -0.478 e. The Kier molecular flexibility index (Phi) is 5.46. The molecule has 6 heteroatoms. The van der Waals surface area contributed by atoms with Crippen LogP contribution in [-0.2, 0) is 14.3 Å². The van der Waals surface area contributed by atoms with Crippen molar-refractivity contribution in [3.8, 4) is 5.75 Å². The highest BCUT2D eigenvalue weighted by Gasteiger charge is 2.30. The summed E-state index contributed by atoms with van der Waals surface area (Å²) in [7, 11) is 0. The molecule has 0 radical (unpaired) electrons. The molecule has 1 aromatic rings. The highest BCUT2D eigenvalue weighted by Crippen LogP contribution is 2.25. The number of hydrogen-bond donors (Lipinski definition) is 1. The molecule has 1 rings (SSSR count). The molecule has 0 saturated heterocycles. The Bertz CT molecular complexity index is 563. The minimum atomic E-state index is -1.48. The first-order chi connectivity index (χ1) is 9.76. The van der Waals surface area contributed by atoms with Gasteiger partial charge in [-0.2, -0.15) is 0 Å². The van der Waals surface area contributed by atoms with Crippen LogP contribution in [0, 0.1) is 5.82 Å². The summed E-state index contributed by atoms with van der Waals surface area (Å²) in [6.07, 6.45) is 2.44. The molecular formula is C15H17FO5. The molecule has 0 aliphatic carbocycles. The van der Waals surface area contributed by atoms with Crippen molar-refractivity contribution in [2.24, 2.45) is 0 Å². The number of benzene rings is 1. The van der Waals surface area contributed by atoms with Gasteiger partial charge < -0.3 is 14.6 Å². The Morgan fingerprint density at radius 3 is 2.62 bits per heavy atom. The number of hydrogen-bond acceptors (Lipinski definition) is 4. The maximum absolute atomic E-state index is 13.3. The first-order valence-corrected chi connectivity index (χ1v) is 6.33. The largest absolute Gasteiger partial charge is 0.478 e. The Morgan fingerprint density at radius 1 is 1.38 bits per heavy atom. The maximum atomic E-state index is 13.3. The molecule has 0 amide bonds. The summed E-state index contributed by atoms with van der Waals surface area (Å²) in [6.45, 7) is 4.63. The molecule has 0 aliphatic heterocycles. The molecule has 0 bridgehead atoms. The quantitative estimate of drug-likeness (QED) is 0.645. The molecular weight excluding hydrogens is 279 g/mol. The van der Waals surface area contributed by atoms with Gasteiger partial charge in [0.1, 0.15) is 11.6 Å². The summed E-state index contributed by atoms with van der Waals surface area (Å²) >= 11 is 0. The topological polar surface area (TPSA) is 72.8 Å². The number of carboxylic acids is 1. The normalized spacial score (nSPS) is 11.4. The summed E-state index contributed by atoms with van der Waals surface area (Å²) < 4.78 is 23.4. The summed E-state index contributed by atoms with van der Waals surface area (Å²) in [6, 6.07) is 3.60. The van der Waals surface area contributed by atoms with E-state index in [1.54, 1.807) is 6.92 Å². The lowest BCUT2D eigenvalue weighted by atomic mass is 10.1. The van der Waals surface area contributed by atoms with Gasteiger partial charge in [-0.3, -0.25) is 0 Å². The van der Waals surface area contributed by atoms with Crippen LogP contribution < -0.4 is 4.74 Å². The van der Waals surface area contributed by atoms with Crippen molar-refractivity contribution in [2.75, 3.05) is 6.61 Å². The number of halogens is 1. The fourth-order valence-electron chi connectivity index (χ4n) is 1.41. The summed E-state index contributed by atoms with van der Waals surface area (Å²) in [5.41, 5.74) is -1.23. The fourth-order valence-corrected chi connectivity index (χ4v) is 1.41. The van der Waals surface area contributed by atoms with Crippen LogP contribution in [0.3, 0.4) is 0 Å². The van der Waals surface area contributed by atoms with Gasteiger partial charge in [-0.25, -0.2) is 14.0 Å². The molecule has 0 unspecified atom stereocenters. The van der Waals surface area contributed by atoms with E-state index in [9.17, 15) is 14.0 Å². The van der Waals surface area contributed by atoms with Crippen LogP contribution in [-0.4, -0.2) is 29.3 Å². The smallest absolute Gasteiger partial charge is 0.347 e. The van der Waals surface area contributed by atoms with Crippen LogP contribution in [0.2, 0.25) is 0 Å². The van der Waals surface area contributed by atoms with E-state index in [0.717, 1.165) is 18.2 Å². The standard InChI is InChI=1S/C15H17FO5/c1-4-20-13(17)8-5-10-9-11(16)6-7-12(10)21-15(2,3)14(18)19/h5-9H,4H2,1-3H3,(H,18,19)/b8-5+. The van der Waals surface area contributed by atoms with E-state index in [1.165, 1.54) is 26.0 Å². The van der Waals surface area contributed by atoms with Crippen LogP contribution in [0.5, 0.6) is 5.75 Å². The number of rotatable bonds is 6. The highest BCUT2D eigenvalue weighted by molar-refractivity contribution is 5.87. The highest BCUT2D eigenvalue weighted by atomic mass is 19.1. The first kappa shape index (κ1) is 16.7. The van der Waals surface area contributed by atoms with E-state index in [0.29, 0.717) is 0 Å². The Balaban J connectivity index is 3.05. The monoisotopic (exact) mass is 296 g/mol. The fraction of sp³-hybridized carbons (Fsp3) is 0.333. The van der Waals surface area contributed by atoms with Crippen molar-refractivity contribution in [1.82, 2.24) is 0 Å². The van der Waals surface area contributed by atoms with Crippen LogP contribution in [0.1, 0.15) is 26.3 Å². The van der Waals surface area contributed by atoms with Crippen LogP contribution >= 0.6 is 0 Å². The number of carbonyl (C=O) groups excluding carboxylic acids is 1. The minimum absolute atomic E-state index is 0.157. The van der Waals surface area contributed by atoms with Crippen LogP contribution in [0.4, 0.5) is 4.39 Å². The van der Waals surface area contributed by atoms with E-state index >= 15 is 0 Å². The first-order valence-electron chi connectivity index (χ1n) is 6.33. The summed E-state index contributed by atoms with van der Waals surface area (Å²) in [5.74, 6) is -2.11. The van der Waals surface area contributed by atoms with Crippen molar-refractivity contribution in [3.63, 3.8) is 0 Å². The van der Waals surface area contributed by atoms with Gasteiger partial charge in [0.15, 0.2) is 5.60 Å². The lowest BCUT2D eigenvalue weighted by Crippen LogP contribution is -2.38. The zero-order chi connectivity index (χ0) is 16.0. The van der Waals surface area contributed by atoms with Crippen molar-refractivity contribution in [1.29, 1.82) is 0 Å². The van der Waals surface area contributed by atoms with Gasteiger partial charge >= 0.3 is 11.9 Å². The molecule has 0 atom stereocenters. The van der Waals surface area contributed by atoms with Crippen molar-refractivity contribution in [3.05, 3.63) is 35.7 Å². The van der Waals surface area contributed by atoms with Gasteiger partial charge in [0.25, 0.3) is 0 Å². The SMILES string of the molecule is CCOC(=O)/C=C/c1cc(F)ccc1OC(C)(C)C(=O)O. The average Bonchev–Trinajstić information content (AvgIpc) is 2.39. The molecule has 21 heavy (non-hydrogen) atoms. The number of ether oxygens (including phenoxy) is 2. The van der Waals surface area contributed by atoms with Gasteiger partial charge in [0.2, 0.25) is 0 Å². The van der Waals surface area contributed by atoms with Gasteiger partial charge in [0.05, 0.1) is 6.61 Å². The predicted molar refractivity (Wildman–Crippen MR) is 74.4 cm³/mol. The molecule has 1 N–H and O–H groups in total. The maximum Gasteiger partial charge on any atom is 0.347 e. The zero-order valence-corrected chi connectivity index (χ0v) is 12.1. The molecule has 5 nitrogen and oxygen atoms in total. The predicted octanol–water partition coefficient (Wildman–Crippen LogP) is 2.64. The molecule has 0 aliphatic rings. The average molecular weight is 296 g/mol. The number of esters is 1. The van der Waals surface area contributed by atoms with Crippen molar-refractivity contribution < 1.29 is 28.6 Å². The van der Waals surface area contributed by atoms with E-state index < -0.39 is 23.4 Å². The molecule has 1 aromatic carbocycles.